The van der Waals surface area contributed by atoms with Crippen molar-refractivity contribution in [2.45, 2.75) is 20.1 Å². The van der Waals surface area contributed by atoms with Gasteiger partial charge in [0.2, 0.25) is 0 Å². The molecular formula is C20H18N2O5. The van der Waals surface area contributed by atoms with E-state index in [0.717, 1.165) is 11.3 Å². The standard InChI is InChI=1S/C20H18N2O5/c1-14(23)26-12-15-7-9-17(10-8-15)27-13-19-18(20(24)25)11-21-22(19)16-5-3-2-4-6-16/h2-11H,12-13H2,1H3,(H,24,25). The largest absolute Gasteiger partial charge is 0.487 e. The molecule has 27 heavy (non-hydrogen) atoms. The molecule has 1 heterocycles. The predicted molar refractivity (Wildman–Crippen MR) is 96.8 cm³/mol. The minimum absolute atomic E-state index is 0.0415. The third-order valence-electron chi connectivity index (χ3n) is 3.84. The van der Waals surface area contributed by atoms with Crippen LogP contribution in [-0.4, -0.2) is 26.8 Å². The highest BCUT2D eigenvalue weighted by atomic mass is 16.5. The van der Waals surface area contributed by atoms with Crippen LogP contribution in [0.1, 0.15) is 28.5 Å². The Kier molecular flexibility index (Phi) is 5.51. The number of esters is 1. The zero-order valence-corrected chi connectivity index (χ0v) is 14.7. The Balaban J connectivity index is 1.76. The topological polar surface area (TPSA) is 90.7 Å². The first kappa shape index (κ1) is 18.2. The molecule has 0 amide bonds. The number of rotatable bonds is 7. The smallest absolute Gasteiger partial charge is 0.339 e. The molecule has 3 rings (SSSR count). The number of para-hydroxylation sites is 1. The van der Waals surface area contributed by atoms with Gasteiger partial charge in [0.05, 0.1) is 17.6 Å². The van der Waals surface area contributed by atoms with Gasteiger partial charge in [0, 0.05) is 6.92 Å². The molecule has 0 saturated carbocycles. The Bertz CT molecular complexity index is 933. The van der Waals surface area contributed by atoms with Gasteiger partial charge in [0.25, 0.3) is 0 Å². The number of hydrogen-bond donors (Lipinski definition) is 1. The molecule has 138 valence electrons. The van der Waals surface area contributed by atoms with Gasteiger partial charge in [-0.25, -0.2) is 9.48 Å². The monoisotopic (exact) mass is 366 g/mol. The SMILES string of the molecule is CC(=O)OCc1ccc(OCc2c(C(=O)O)cnn2-c2ccccc2)cc1. The molecule has 0 saturated heterocycles. The highest BCUT2D eigenvalue weighted by Gasteiger charge is 2.18. The number of benzene rings is 2. The molecular weight excluding hydrogens is 348 g/mol. The Hall–Kier alpha value is -3.61. The lowest BCUT2D eigenvalue weighted by molar-refractivity contribution is -0.142. The fraction of sp³-hybridized carbons (Fsp3) is 0.150. The summed E-state index contributed by atoms with van der Waals surface area (Å²) in [7, 11) is 0. The number of aromatic nitrogens is 2. The zero-order valence-electron chi connectivity index (χ0n) is 14.7. The Morgan fingerprint density at radius 1 is 1.04 bits per heavy atom. The summed E-state index contributed by atoms with van der Waals surface area (Å²) in [6.07, 6.45) is 1.32. The molecule has 7 heteroatoms. The molecule has 0 aliphatic rings. The van der Waals surface area contributed by atoms with Crippen molar-refractivity contribution in [1.82, 2.24) is 9.78 Å². The van der Waals surface area contributed by atoms with E-state index >= 15 is 0 Å². The number of carboxylic acids is 1. The van der Waals surface area contributed by atoms with Crippen molar-refractivity contribution in [3.8, 4) is 11.4 Å². The summed E-state index contributed by atoms with van der Waals surface area (Å²) < 4.78 is 12.2. The fourth-order valence-corrected chi connectivity index (χ4v) is 2.50. The van der Waals surface area contributed by atoms with E-state index in [2.05, 4.69) is 5.10 Å². The molecule has 0 unspecified atom stereocenters. The molecule has 7 nitrogen and oxygen atoms in total. The van der Waals surface area contributed by atoms with Gasteiger partial charge >= 0.3 is 11.9 Å². The first-order chi connectivity index (χ1) is 13.0. The van der Waals surface area contributed by atoms with Gasteiger partial charge < -0.3 is 14.6 Å². The fourth-order valence-electron chi connectivity index (χ4n) is 2.50. The summed E-state index contributed by atoms with van der Waals surface area (Å²) in [5, 5.41) is 13.6. The maximum Gasteiger partial charge on any atom is 0.339 e. The van der Waals surface area contributed by atoms with Gasteiger partial charge in [-0.3, -0.25) is 4.79 Å². The van der Waals surface area contributed by atoms with Crippen LogP contribution in [0, 0.1) is 0 Å². The molecule has 2 aromatic carbocycles. The minimum atomic E-state index is -1.06. The Morgan fingerprint density at radius 3 is 2.37 bits per heavy atom. The van der Waals surface area contributed by atoms with Gasteiger partial charge in [-0.2, -0.15) is 5.10 Å². The van der Waals surface area contributed by atoms with Crippen molar-refractivity contribution in [3.63, 3.8) is 0 Å². The molecule has 0 aliphatic heterocycles. The third kappa shape index (κ3) is 4.52. The second kappa shape index (κ2) is 8.18. The lowest BCUT2D eigenvalue weighted by Crippen LogP contribution is -2.10. The first-order valence-corrected chi connectivity index (χ1v) is 8.25. The maximum absolute atomic E-state index is 11.5. The van der Waals surface area contributed by atoms with Crippen LogP contribution < -0.4 is 4.74 Å². The van der Waals surface area contributed by atoms with Crippen molar-refractivity contribution >= 4 is 11.9 Å². The highest BCUT2D eigenvalue weighted by molar-refractivity contribution is 5.88. The van der Waals surface area contributed by atoms with E-state index in [1.54, 1.807) is 28.9 Å². The quantitative estimate of drug-likeness (QED) is 0.646. The van der Waals surface area contributed by atoms with Crippen LogP contribution in [0.15, 0.2) is 60.8 Å². The number of carbonyl (C=O) groups excluding carboxylic acids is 1. The summed E-state index contributed by atoms with van der Waals surface area (Å²) in [5.41, 5.74) is 2.11. The van der Waals surface area contributed by atoms with Crippen molar-refractivity contribution in [2.75, 3.05) is 0 Å². The van der Waals surface area contributed by atoms with Crippen molar-refractivity contribution in [2.24, 2.45) is 0 Å². The van der Waals surface area contributed by atoms with Gasteiger partial charge in [0.15, 0.2) is 0 Å². The molecule has 1 aromatic heterocycles. The number of ether oxygens (including phenoxy) is 2. The number of nitrogens with zero attached hydrogens (tertiary/aromatic N) is 2. The van der Waals surface area contributed by atoms with E-state index in [9.17, 15) is 14.7 Å². The summed E-state index contributed by atoms with van der Waals surface area (Å²) in [6, 6.07) is 16.3. The molecule has 0 aliphatic carbocycles. The lowest BCUT2D eigenvalue weighted by atomic mass is 10.2. The normalized spacial score (nSPS) is 10.4. The molecule has 0 fully saturated rings. The average molecular weight is 366 g/mol. The van der Waals surface area contributed by atoms with Crippen LogP contribution >= 0.6 is 0 Å². The molecule has 1 N–H and O–H groups in total. The van der Waals surface area contributed by atoms with Crippen molar-refractivity contribution < 1.29 is 24.2 Å². The van der Waals surface area contributed by atoms with E-state index in [0.29, 0.717) is 11.4 Å². The van der Waals surface area contributed by atoms with Crippen LogP contribution in [0.2, 0.25) is 0 Å². The third-order valence-corrected chi connectivity index (χ3v) is 3.84. The lowest BCUT2D eigenvalue weighted by Gasteiger charge is -2.11. The van der Waals surface area contributed by atoms with E-state index in [-0.39, 0.29) is 24.7 Å². The van der Waals surface area contributed by atoms with Gasteiger partial charge in [-0.15, -0.1) is 0 Å². The molecule has 0 radical (unpaired) electrons. The number of carbonyl (C=O) groups is 2. The van der Waals surface area contributed by atoms with Gasteiger partial charge in [0.1, 0.15) is 24.5 Å². The molecule has 0 atom stereocenters. The second-order valence-electron chi connectivity index (χ2n) is 5.77. The molecule has 3 aromatic rings. The molecule has 0 spiro atoms. The van der Waals surface area contributed by atoms with Gasteiger partial charge in [-0.05, 0) is 29.8 Å². The number of aromatic carboxylic acids is 1. The highest BCUT2D eigenvalue weighted by Crippen LogP contribution is 2.19. The van der Waals surface area contributed by atoms with Crippen LogP contribution in [0.25, 0.3) is 5.69 Å². The van der Waals surface area contributed by atoms with Crippen molar-refractivity contribution in [3.05, 3.63) is 77.6 Å². The van der Waals surface area contributed by atoms with E-state index in [4.69, 9.17) is 9.47 Å². The van der Waals surface area contributed by atoms with Crippen molar-refractivity contribution in [1.29, 1.82) is 0 Å². The summed E-state index contributed by atoms with van der Waals surface area (Å²) in [6.45, 7) is 1.59. The molecule has 0 bridgehead atoms. The van der Waals surface area contributed by atoms with Crippen LogP contribution in [0.5, 0.6) is 5.75 Å². The minimum Gasteiger partial charge on any atom is -0.487 e. The first-order valence-electron chi connectivity index (χ1n) is 8.25. The predicted octanol–water partition coefficient (Wildman–Crippen LogP) is 3.21. The zero-order chi connectivity index (χ0) is 19.2. The average Bonchev–Trinajstić information content (AvgIpc) is 3.10. The van der Waals surface area contributed by atoms with E-state index < -0.39 is 5.97 Å². The van der Waals surface area contributed by atoms with Crippen LogP contribution in [0.3, 0.4) is 0 Å². The summed E-state index contributed by atoms with van der Waals surface area (Å²) >= 11 is 0. The Morgan fingerprint density at radius 2 is 1.74 bits per heavy atom. The summed E-state index contributed by atoms with van der Waals surface area (Å²) in [4.78, 5) is 22.3. The van der Waals surface area contributed by atoms with Crippen LogP contribution in [-0.2, 0) is 22.7 Å². The van der Waals surface area contributed by atoms with E-state index in [1.807, 2.05) is 30.3 Å². The maximum atomic E-state index is 11.5. The van der Waals surface area contributed by atoms with E-state index in [1.165, 1.54) is 13.1 Å². The van der Waals surface area contributed by atoms with Gasteiger partial charge in [-0.1, -0.05) is 30.3 Å². The Labute approximate surface area is 155 Å². The number of carboxylic acid groups (broad SMARTS) is 1. The second-order valence-corrected chi connectivity index (χ2v) is 5.77. The van der Waals surface area contributed by atoms with Crippen LogP contribution in [0.4, 0.5) is 0 Å². The number of hydrogen-bond acceptors (Lipinski definition) is 5. The summed E-state index contributed by atoms with van der Waals surface area (Å²) in [5.74, 6) is -0.836.